The number of aromatic nitrogens is 1. The number of ether oxygens (including phenoxy) is 1. The van der Waals surface area contributed by atoms with Crippen LogP contribution in [0.1, 0.15) is 25.5 Å². The number of guanidine groups is 1. The van der Waals surface area contributed by atoms with Gasteiger partial charge in [-0.15, -0.1) is 24.0 Å². The fourth-order valence-electron chi connectivity index (χ4n) is 2.94. The number of oxazole rings is 1. The average molecular weight is 499 g/mol. The zero-order chi connectivity index (χ0) is 19.1. The van der Waals surface area contributed by atoms with E-state index in [1.165, 1.54) is 0 Å². The molecule has 0 unspecified atom stereocenters. The van der Waals surface area contributed by atoms with Crippen LogP contribution in [-0.4, -0.2) is 47.7 Å². The van der Waals surface area contributed by atoms with Gasteiger partial charge in [-0.2, -0.15) is 0 Å². The number of nitrogens with two attached hydrogens (primary N) is 1. The molecule has 9 heteroatoms. The Hall–Kier alpha value is -2.30. The molecule has 3 rings (SSSR count). The van der Waals surface area contributed by atoms with E-state index in [0.29, 0.717) is 38.1 Å². The lowest BCUT2D eigenvalue weighted by atomic mass is 10.1. The molecular formula is C19H26IN5O3. The zero-order valence-corrected chi connectivity index (χ0v) is 18.2. The highest BCUT2D eigenvalue weighted by atomic mass is 127. The second-order valence-corrected chi connectivity index (χ2v) is 6.32. The second kappa shape index (κ2) is 10.9. The third-order valence-corrected chi connectivity index (χ3v) is 4.36. The van der Waals surface area contributed by atoms with Crippen LogP contribution in [0.3, 0.4) is 0 Å². The van der Waals surface area contributed by atoms with E-state index in [1.54, 1.807) is 18.1 Å². The first-order chi connectivity index (χ1) is 13.2. The molecule has 1 saturated heterocycles. The lowest BCUT2D eigenvalue weighted by molar-refractivity contribution is 0.0963. The van der Waals surface area contributed by atoms with Crippen molar-refractivity contribution in [2.75, 3.05) is 19.7 Å². The number of hydrogen-bond acceptors (Lipinski definition) is 5. The number of nitrogens with one attached hydrogen (secondary N) is 1. The molecule has 3 N–H and O–H groups in total. The summed E-state index contributed by atoms with van der Waals surface area (Å²) in [4.78, 5) is 22.2. The molecular weight excluding hydrogens is 473 g/mol. The van der Waals surface area contributed by atoms with Crippen molar-refractivity contribution in [2.24, 2.45) is 10.7 Å². The van der Waals surface area contributed by atoms with Gasteiger partial charge in [-0.1, -0.05) is 18.2 Å². The van der Waals surface area contributed by atoms with Crippen LogP contribution in [0, 0.1) is 0 Å². The number of hydrogen-bond donors (Lipinski definition) is 2. The predicted molar refractivity (Wildman–Crippen MR) is 117 cm³/mol. The number of likely N-dealkylation sites (tertiary alicyclic amines) is 1. The van der Waals surface area contributed by atoms with Gasteiger partial charge in [0, 0.05) is 24.7 Å². The highest BCUT2D eigenvalue weighted by molar-refractivity contribution is 14.0. The largest absolute Gasteiger partial charge is 0.450 e. The highest BCUT2D eigenvalue weighted by Crippen LogP contribution is 2.18. The Morgan fingerprint density at radius 2 is 2.07 bits per heavy atom. The van der Waals surface area contributed by atoms with Crippen molar-refractivity contribution in [3.63, 3.8) is 0 Å². The first kappa shape index (κ1) is 22.0. The smallest absolute Gasteiger partial charge is 0.409 e. The van der Waals surface area contributed by atoms with E-state index in [9.17, 15) is 4.79 Å². The Morgan fingerprint density at radius 1 is 1.36 bits per heavy atom. The fraction of sp³-hybridized carbons (Fsp3) is 0.421. The predicted octanol–water partition coefficient (Wildman–Crippen LogP) is 2.98. The molecule has 0 bridgehead atoms. The third-order valence-electron chi connectivity index (χ3n) is 4.36. The van der Waals surface area contributed by atoms with Crippen LogP contribution in [-0.2, 0) is 11.3 Å². The maximum Gasteiger partial charge on any atom is 0.409 e. The number of piperidine rings is 1. The first-order valence-electron chi connectivity index (χ1n) is 9.13. The first-order valence-corrected chi connectivity index (χ1v) is 9.13. The summed E-state index contributed by atoms with van der Waals surface area (Å²) in [5.41, 5.74) is 7.63. The molecule has 0 aliphatic carbocycles. The van der Waals surface area contributed by atoms with Gasteiger partial charge in [-0.25, -0.2) is 14.8 Å². The van der Waals surface area contributed by atoms with Crippen molar-refractivity contribution in [1.82, 2.24) is 15.2 Å². The molecule has 0 saturated carbocycles. The van der Waals surface area contributed by atoms with Gasteiger partial charge in [-0.3, -0.25) is 0 Å². The average Bonchev–Trinajstić information content (AvgIpc) is 3.17. The van der Waals surface area contributed by atoms with Crippen molar-refractivity contribution in [3.8, 4) is 11.5 Å². The van der Waals surface area contributed by atoms with Crippen LogP contribution in [0.4, 0.5) is 4.79 Å². The van der Waals surface area contributed by atoms with E-state index in [1.807, 2.05) is 30.3 Å². The Labute approximate surface area is 181 Å². The van der Waals surface area contributed by atoms with E-state index in [2.05, 4.69) is 15.3 Å². The maximum atomic E-state index is 11.7. The number of rotatable bonds is 5. The van der Waals surface area contributed by atoms with Crippen LogP contribution in [0.15, 0.2) is 46.0 Å². The zero-order valence-electron chi connectivity index (χ0n) is 15.8. The molecule has 8 nitrogen and oxygen atoms in total. The summed E-state index contributed by atoms with van der Waals surface area (Å²) >= 11 is 0. The van der Waals surface area contributed by atoms with Crippen LogP contribution in [0.5, 0.6) is 0 Å². The number of carbonyl (C=O) groups is 1. The molecule has 1 aromatic carbocycles. The lowest BCUT2D eigenvalue weighted by Crippen LogP contribution is -2.48. The van der Waals surface area contributed by atoms with E-state index >= 15 is 0 Å². The standard InChI is InChI=1S/C19H25N5O3.HI/c1-2-26-19(25)24-10-8-15(9-11-24)23-18(20)21-12-16-13-27-17(22-16)14-6-4-3-5-7-14;/h3-7,13,15H,2,8-12H2,1H3,(H3,20,21,23);1H. The second-order valence-electron chi connectivity index (χ2n) is 6.32. The van der Waals surface area contributed by atoms with Crippen molar-refractivity contribution >= 4 is 36.0 Å². The highest BCUT2D eigenvalue weighted by Gasteiger charge is 2.23. The van der Waals surface area contributed by atoms with Gasteiger partial charge in [0.05, 0.1) is 13.2 Å². The minimum absolute atomic E-state index is 0. The monoisotopic (exact) mass is 499 g/mol. The number of halogens is 1. The minimum atomic E-state index is -0.252. The summed E-state index contributed by atoms with van der Waals surface area (Å²) in [6.45, 7) is 3.84. The molecule has 0 spiro atoms. The number of aliphatic imine (C=N–C) groups is 1. The molecule has 1 aliphatic heterocycles. The summed E-state index contributed by atoms with van der Waals surface area (Å²) in [7, 11) is 0. The molecule has 28 heavy (non-hydrogen) atoms. The molecule has 0 radical (unpaired) electrons. The van der Waals surface area contributed by atoms with Gasteiger partial charge >= 0.3 is 6.09 Å². The number of amides is 1. The minimum Gasteiger partial charge on any atom is -0.450 e. The normalized spacial score (nSPS) is 15.0. The van der Waals surface area contributed by atoms with Gasteiger partial charge in [0.15, 0.2) is 5.96 Å². The van der Waals surface area contributed by atoms with Crippen molar-refractivity contribution in [1.29, 1.82) is 0 Å². The number of nitrogens with zero attached hydrogens (tertiary/aromatic N) is 3. The topological polar surface area (TPSA) is 106 Å². The molecule has 1 amide bonds. The van der Waals surface area contributed by atoms with Crippen LogP contribution >= 0.6 is 24.0 Å². The Kier molecular flexibility index (Phi) is 8.55. The molecule has 2 aromatic rings. The Balaban J connectivity index is 0.00000280. The molecule has 1 aliphatic rings. The third kappa shape index (κ3) is 6.11. The van der Waals surface area contributed by atoms with Crippen molar-refractivity contribution in [3.05, 3.63) is 42.3 Å². The molecule has 1 aromatic heterocycles. The lowest BCUT2D eigenvalue weighted by Gasteiger charge is -2.31. The van der Waals surface area contributed by atoms with Gasteiger partial charge < -0.3 is 25.1 Å². The molecule has 1 fully saturated rings. The van der Waals surface area contributed by atoms with E-state index < -0.39 is 0 Å². The summed E-state index contributed by atoms with van der Waals surface area (Å²) in [5.74, 6) is 0.938. The fourth-order valence-corrected chi connectivity index (χ4v) is 2.94. The summed E-state index contributed by atoms with van der Waals surface area (Å²) < 4.78 is 10.5. The molecule has 0 atom stereocenters. The van der Waals surface area contributed by atoms with Gasteiger partial charge in [0.1, 0.15) is 12.0 Å². The van der Waals surface area contributed by atoms with Crippen molar-refractivity contribution in [2.45, 2.75) is 32.4 Å². The number of carbonyl (C=O) groups excluding carboxylic acids is 1. The van der Waals surface area contributed by atoms with Gasteiger partial charge in [0.2, 0.25) is 5.89 Å². The van der Waals surface area contributed by atoms with E-state index in [0.717, 1.165) is 24.1 Å². The van der Waals surface area contributed by atoms with E-state index in [4.69, 9.17) is 14.9 Å². The van der Waals surface area contributed by atoms with Gasteiger partial charge in [-0.05, 0) is 31.9 Å². The molecule has 152 valence electrons. The Morgan fingerprint density at radius 3 is 2.75 bits per heavy atom. The van der Waals surface area contributed by atoms with Crippen LogP contribution in [0.2, 0.25) is 0 Å². The maximum absolute atomic E-state index is 11.7. The summed E-state index contributed by atoms with van der Waals surface area (Å²) in [6.07, 6.45) is 2.95. The summed E-state index contributed by atoms with van der Waals surface area (Å²) in [6, 6.07) is 9.89. The van der Waals surface area contributed by atoms with E-state index in [-0.39, 0.29) is 36.1 Å². The van der Waals surface area contributed by atoms with Crippen LogP contribution < -0.4 is 11.1 Å². The summed E-state index contributed by atoms with van der Waals surface area (Å²) in [5, 5.41) is 3.21. The van der Waals surface area contributed by atoms with Crippen molar-refractivity contribution < 1.29 is 13.9 Å². The SMILES string of the molecule is CCOC(=O)N1CCC(NC(N)=NCc2coc(-c3ccccc3)n2)CC1.I. The quantitative estimate of drug-likeness (QED) is 0.372. The Bertz CT molecular complexity index is 773. The van der Waals surface area contributed by atoms with Crippen LogP contribution in [0.25, 0.3) is 11.5 Å². The number of benzene rings is 1. The van der Waals surface area contributed by atoms with Gasteiger partial charge in [0.25, 0.3) is 0 Å². The molecule has 2 heterocycles.